The normalized spacial score (nSPS) is 23.6. The number of nitrogens with zero attached hydrogens (tertiary/aromatic N) is 1. The Hall–Kier alpha value is -1.83. The minimum Gasteiger partial charge on any atom is -0.500 e. The lowest BCUT2D eigenvalue weighted by Crippen LogP contribution is -2.47. The van der Waals surface area contributed by atoms with Crippen LogP contribution in [0.3, 0.4) is 0 Å². The van der Waals surface area contributed by atoms with Crippen LogP contribution in [0, 0.1) is 5.41 Å². The van der Waals surface area contributed by atoms with Crippen LogP contribution in [0.5, 0.6) is 0 Å². The zero-order chi connectivity index (χ0) is 18.3. The molecule has 7 nitrogen and oxygen atoms in total. The number of hydrogen-bond donors (Lipinski definition) is 0. The molecule has 0 saturated carbocycles. The van der Waals surface area contributed by atoms with Crippen LogP contribution in [0.25, 0.3) is 0 Å². The zero-order valence-electron chi connectivity index (χ0n) is 14.5. The largest absolute Gasteiger partial charge is 0.500 e. The molecule has 1 saturated heterocycles. The van der Waals surface area contributed by atoms with Gasteiger partial charge in [-0.3, -0.25) is 9.59 Å². The summed E-state index contributed by atoms with van der Waals surface area (Å²) in [6, 6.07) is -0.194. The molecule has 1 fully saturated rings. The van der Waals surface area contributed by atoms with Crippen molar-refractivity contribution in [1.82, 2.24) is 4.90 Å². The number of hydrogen-bond acceptors (Lipinski definition) is 6. The predicted molar refractivity (Wildman–Crippen MR) is 87.7 cm³/mol. The molecular formula is C16H23NO6S. The Bertz CT molecular complexity index is 695. The van der Waals surface area contributed by atoms with Gasteiger partial charge in [-0.15, -0.1) is 0 Å². The van der Waals surface area contributed by atoms with E-state index in [1.165, 1.54) is 38.2 Å². The van der Waals surface area contributed by atoms with Crippen LogP contribution in [-0.4, -0.2) is 62.8 Å². The number of likely N-dealkylation sites (tertiary alicyclic amines) is 1. The van der Waals surface area contributed by atoms with Gasteiger partial charge in [0.05, 0.1) is 14.2 Å². The fourth-order valence-corrected chi connectivity index (χ4v) is 5.13. The van der Waals surface area contributed by atoms with Crippen molar-refractivity contribution in [1.29, 1.82) is 0 Å². The smallest absolute Gasteiger partial charge is 0.242 e. The molecule has 2 rings (SSSR count). The molecule has 24 heavy (non-hydrogen) atoms. The van der Waals surface area contributed by atoms with Gasteiger partial charge in [0.15, 0.2) is 20.9 Å². The second kappa shape index (κ2) is 6.23. The standard InChI is InChI=1S/C16H23NO6S/c1-6-24(20,21)14-15(19)17(10(2)3)9-16(14)12(22-4)7-11(18)8-13(16)23-5/h7-8,10,14H,6,9H2,1-5H3. The summed E-state index contributed by atoms with van der Waals surface area (Å²) in [7, 11) is -1.05. The highest BCUT2D eigenvalue weighted by Crippen LogP contribution is 2.50. The summed E-state index contributed by atoms with van der Waals surface area (Å²) in [4.78, 5) is 26.3. The Morgan fingerprint density at radius 3 is 2.08 bits per heavy atom. The van der Waals surface area contributed by atoms with Gasteiger partial charge in [0.25, 0.3) is 0 Å². The van der Waals surface area contributed by atoms with Gasteiger partial charge in [-0.05, 0) is 13.8 Å². The molecule has 1 spiro atoms. The summed E-state index contributed by atoms with van der Waals surface area (Å²) >= 11 is 0. The van der Waals surface area contributed by atoms with Gasteiger partial charge in [0.2, 0.25) is 5.91 Å². The number of allylic oxidation sites excluding steroid dienone is 2. The molecular weight excluding hydrogens is 334 g/mol. The maximum Gasteiger partial charge on any atom is 0.242 e. The minimum atomic E-state index is -3.77. The third-order valence-corrected chi connectivity index (χ3v) is 6.75. The van der Waals surface area contributed by atoms with Crippen LogP contribution in [0.2, 0.25) is 0 Å². The number of ketones is 1. The van der Waals surface area contributed by atoms with Crippen LogP contribution in [-0.2, 0) is 28.9 Å². The van der Waals surface area contributed by atoms with E-state index in [9.17, 15) is 18.0 Å². The van der Waals surface area contributed by atoms with Gasteiger partial charge in [0.1, 0.15) is 16.9 Å². The zero-order valence-corrected chi connectivity index (χ0v) is 15.3. The molecule has 0 aromatic carbocycles. The quantitative estimate of drug-likeness (QED) is 0.718. The highest BCUT2D eigenvalue weighted by molar-refractivity contribution is 7.92. The van der Waals surface area contributed by atoms with Crippen molar-refractivity contribution >= 4 is 21.5 Å². The first-order valence-corrected chi connectivity index (χ1v) is 9.45. The van der Waals surface area contributed by atoms with Crippen molar-refractivity contribution in [3.8, 4) is 0 Å². The topological polar surface area (TPSA) is 90.0 Å². The molecule has 1 atom stereocenters. The molecule has 0 aromatic heterocycles. The van der Waals surface area contributed by atoms with Gasteiger partial charge < -0.3 is 14.4 Å². The average molecular weight is 357 g/mol. The first-order valence-electron chi connectivity index (χ1n) is 7.74. The van der Waals surface area contributed by atoms with E-state index in [2.05, 4.69) is 0 Å². The molecule has 1 amide bonds. The summed E-state index contributed by atoms with van der Waals surface area (Å²) in [6.45, 7) is 5.20. The number of carbonyl (C=O) groups is 2. The van der Waals surface area contributed by atoms with Crippen LogP contribution in [0.15, 0.2) is 23.7 Å². The molecule has 0 bridgehead atoms. The maximum atomic E-state index is 12.9. The highest BCUT2D eigenvalue weighted by atomic mass is 32.2. The molecule has 1 heterocycles. The molecule has 0 aromatic rings. The third kappa shape index (κ3) is 2.53. The van der Waals surface area contributed by atoms with Crippen LogP contribution in [0.1, 0.15) is 20.8 Å². The summed E-state index contributed by atoms with van der Waals surface area (Å²) in [5, 5.41) is -1.37. The Labute approximate surface area is 142 Å². The van der Waals surface area contributed by atoms with E-state index in [4.69, 9.17) is 9.47 Å². The first kappa shape index (κ1) is 18.5. The molecule has 0 radical (unpaired) electrons. The fourth-order valence-electron chi connectivity index (χ4n) is 3.43. The molecule has 2 aliphatic rings. The van der Waals surface area contributed by atoms with Gasteiger partial charge in [-0.2, -0.15) is 0 Å². The molecule has 0 N–H and O–H groups in total. The summed E-state index contributed by atoms with van der Waals surface area (Å²) < 4.78 is 36.2. The summed E-state index contributed by atoms with van der Waals surface area (Å²) in [5.41, 5.74) is -1.34. The molecule has 134 valence electrons. The van der Waals surface area contributed by atoms with Crippen LogP contribution < -0.4 is 0 Å². The van der Waals surface area contributed by atoms with Crippen molar-refractivity contribution in [3.05, 3.63) is 23.7 Å². The monoisotopic (exact) mass is 357 g/mol. The van der Waals surface area contributed by atoms with E-state index in [0.29, 0.717) is 0 Å². The molecule has 1 unspecified atom stereocenters. The Balaban J connectivity index is 2.78. The number of amides is 1. The van der Waals surface area contributed by atoms with Crippen LogP contribution >= 0.6 is 0 Å². The summed E-state index contributed by atoms with van der Waals surface area (Å²) in [5.74, 6) is -0.765. The summed E-state index contributed by atoms with van der Waals surface area (Å²) in [6.07, 6.45) is 2.47. The van der Waals surface area contributed by atoms with E-state index >= 15 is 0 Å². The third-order valence-electron chi connectivity index (χ3n) is 4.63. The van der Waals surface area contributed by atoms with E-state index < -0.39 is 26.4 Å². The van der Waals surface area contributed by atoms with Crippen molar-refractivity contribution in [3.63, 3.8) is 0 Å². The number of sulfone groups is 1. The van der Waals surface area contributed by atoms with E-state index in [-0.39, 0.29) is 35.6 Å². The number of carbonyl (C=O) groups excluding carboxylic acids is 2. The van der Waals surface area contributed by atoms with Crippen molar-refractivity contribution in [2.24, 2.45) is 5.41 Å². The average Bonchev–Trinajstić information content (AvgIpc) is 2.84. The van der Waals surface area contributed by atoms with Gasteiger partial charge >= 0.3 is 0 Å². The number of methoxy groups -OCH3 is 2. The second-order valence-electron chi connectivity index (χ2n) is 6.19. The second-order valence-corrected chi connectivity index (χ2v) is 8.57. The first-order chi connectivity index (χ1) is 11.2. The molecule has 1 aliphatic heterocycles. The van der Waals surface area contributed by atoms with Crippen molar-refractivity contribution < 1.29 is 27.5 Å². The minimum absolute atomic E-state index is 0.0834. The van der Waals surface area contributed by atoms with Crippen molar-refractivity contribution in [2.45, 2.75) is 32.1 Å². The number of ether oxygens (including phenoxy) is 2. The van der Waals surface area contributed by atoms with Crippen molar-refractivity contribution in [2.75, 3.05) is 26.5 Å². The number of rotatable bonds is 5. The Morgan fingerprint density at radius 2 is 1.71 bits per heavy atom. The van der Waals surface area contributed by atoms with Crippen LogP contribution in [0.4, 0.5) is 0 Å². The van der Waals surface area contributed by atoms with E-state index in [1.807, 2.05) is 13.8 Å². The fraction of sp³-hybridized carbons (Fsp3) is 0.625. The lowest BCUT2D eigenvalue weighted by Gasteiger charge is -2.37. The van der Waals surface area contributed by atoms with Gasteiger partial charge in [0, 0.05) is 30.5 Å². The lowest BCUT2D eigenvalue weighted by atomic mass is 9.78. The highest BCUT2D eigenvalue weighted by Gasteiger charge is 2.64. The van der Waals surface area contributed by atoms with E-state index in [0.717, 1.165) is 0 Å². The maximum absolute atomic E-state index is 12.9. The molecule has 8 heteroatoms. The van der Waals surface area contributed by atoms with E-state index in [1.54, 1.807) is 0 Å². The molecule has 1 aliphatic carbocycles. The SMILES string of the molecule is CCS(=O)(=O)C1C(=O)N(C(C)C)CC12C(OC)=CC(=O)C=C2OC. The lowest BCUT2D eigenvalue weighted by molar-refractivity contribution is -0.128. The predicted octanol–water partition coefficient (Wildman–Crippen LogP) is 0.670. The Kier molecular flexibility index (Phi) is 4.81. The van der Waals surface area contributed by atoms with Gasteiger partial charge in [-0.1, -0.05) is 6.92 Å². The van der Waals surface area contributed by atoms with Gasteiger partial charge in [-0.25, -0.2) is 8.42 Å². The Morgan fingerprint density at radius 1 is 1.21 bits per heavy atom.